The molecule has 0 saturated heterocycles. The van der Waals surface area contributed by atoms with Crippen LogP contribution >= 0.6 is 0 Å². The normalized spacial score (nSPS) is 12.7. The fourth-order valence-corrected chi connectivity index (χ4v) is 2.41. The lowest BCUT2D eigenvalue weighted by atomic mass is 10.0. The molecule has 0 aliphatic rings. The van der Waals surface area contributed by atoms with Crippen molar-refractivity contribution in [2.75, 3.05) is 0 Å². The zero-order valence-corrected chi connectivity index (χ0v) is 12.5. The molecule has 2 aromatic rings. The number of nitrogens with zero attached hydrogens (tertiary/aromatic N) is 2. The molecule has 1 aromatic carbocycles. The Morgan fingerprint density at radius 3 is 2.62 bits per heavy atom. The van der Waals surface area contributed by atoms with E-state index in [9.17, 15) is 13.9 Å². The number of benzene rings is 1. The fraction of sp³-hybridized carbons (Fsp3) is 0.438. The van der Waals surface area contributed by atoms with Crippen molar-refractivity contribution in [3.63, 3.8) is 0 Å². The van der Waals surface area contributed by atoms with Crippen LogP contribution in [0, 0.1) is 18.6 Å². The first-order valence-corrected chi connectivity index (χ1v) is 7.16. The molecule has 5 heteroatoms. The van der Waals surface area contributed by atoms with E-state index in [1.807, 2.05) is 19.9 Å². The van der Waals surface area contributed by atoms with Gasteiger partial charge in [0.2, 0.25) is 0 Å². The van der Waals surface area contributed by atoms with Crippen LogP contribution in [0.4, 0.5) is 8.78 Å². The van der Waals surface area contributed by atoms with Gasteiger partial charge in [-0.3, -0.25) is 4.68 Å². The third-order valence-electron chi connectivity index (χ3n) is 3.63. The molecular weight excluding hydrogens is 274 g/mol. The van der Waals surface area contributed by atoms with Crippen molar-refractivity contribution in [2.24, 2.45) is 0 Å². The van der Waals surface area contributed by atoms with Crippen LogP contribution in [0.3, 0.4) is 0 Å². The Hall–Kier alpha value is -1.75. The van der Waals surface area contributed by atoms with Gasteiger partial charge in [0.15, 0.2) is 0 Å². The van der Waals surface area contributed by atoms with E-state index in [1.54, 1.807) is 11.6 Å². The Balaban J connectivity index is 2.32. The second kappa shape index (κ2) is 6.35. The van der Waals surface area contributed by atoms with Gasteiger partial charge < -0.3 is 5.11 Å². The summed E-state index contributed by atoms with van der Waals surface area (Å²) in [5.41, 5.74) is 1.74. The van der Waals surface area contributed by atoms with Gasteiger partial charge in [-0.05, 0) is 38.0 Å². The summed E-state index contributed by atoms with van der Waals surface area (Å²) in [5, 5.41) is 14.6. The molecule has 0 aliphatic heterocycles. The van der Waals surface area contributed by atoms with Crippen LogP contribution in [0.1, 0.15) is 42.5 Å². The monoisotopic (exact) mass is 294 g/mol. The smallest absolute Gasteiger partial charge is 0.134 e. The molecule has 1 unspecified atom stereocenters. The van der Waals surface area contributed by atoms with Crippen LogP contribution in [-0.2, 0) is 19.4 Å². The van der Waals surface area contributed by atoms with Crippen LogP contribution in [0.25, 0.3) is 0 Å². The molecule has 1 N–H and O–H groups in total. The summed E-state index contributed by atoms with van der Waals surface area (Å²) in [5.74, 6) is -1.40. The Morgan fingerprint density at radius 2 is 2.00 bits per heavy atom. The number of rotatable bonds is 5. The van der Waals surface area contributed by atoms with Gasteiger partial charge in [0, 0.05) is 18.7 Å². The first-order valence-electron chi connectivity index (χ1n) is 7.16. The van der Waals surface area contributed by atoms with Crippen molar-refractivity contribution in [1.29, 1.82) is 0 Å². The standard InChI is InChI=1S/C16H20F2N2O/c1-4-11-8-12(20(5-2)19-11)9-14(21)15-13(17)7-6-10(3)16(15)18/h6-8,14,21H,4-5,9H2,1-3H3. The lowest BCUT2D eigenvalue weighted by Crippen LogP contribution is -2.12. The minimum absolute atomic E-state index is 0.137. The van der Waals surface area contributed by atoms with Gasteiger partial charge in [0.05, 0.1) is 17.4 Å². The van der Waals surface area contributed by atoms with E-state index in [0.717, 1.165) is 17.8 Å². The van der Waals surface area contributed by atoms with Crippen molar-refractivity contribution in [3.05, 3.63) is 52.3 Å². The van der Waals surface area contributed by atoms with Crippen LogP contribution in [0.5, 0.6) is 0 Å². The van der Waals surface area contributed by atoms with Crippen molar-refractivity contribution in [2.45, 2.75) is 46.3 Å². The van der Waals surface area contributed by atoms with Crippen LogP contribution in [0.2, 0.25) is 0 Å². The van der Waals surface area contributed by atoms with Gasteiger partial charge in [-0.1, -0.05) is 13.0 Å². The minimum atomic E-state index is -1.23. The Morgan fingerprint density at radius 1 is 1.29 bits per heavy atom. The highest BCUT2D eigenvalue weighted by Crippen LogP contribution is 2.26. The van der Waals surface area contributed by atoms with E-state index in [0.29, 0.717) is 12.1 Å². The minimum Gasteiger partial charge on any atom is -0.388 e. The maximum Gasteiger partial charge on any atom is 0.134 e. The van der Waals surface area contributed by atoms with Gasteiger partial charge in [-0.2, -0.15) is 5.10 Å². The maximum absolute atomic E-state index is 14.0. The second-order valence-corrected chi connectivity index (χ2v) is 5.11. The predicted molar refractivity (Wildman–Crippen MR) is 77.0 cm³/mol. The Bertz CT molecular complexity index is 637. The van der Waals surface area contributed by atoms with Crippen LogP contribution in [-0.4, -0.2) is 14.9 Å². The topological polar surface area (TPSA) is 38.0 Å². The molecule has 2 rings (SSSR count). The molecule has 0 spiro atoms. The number of halogens is 2. The maximum atomic E-state index is 14.0. The number of aliphatic hydroxyl groups excluding tert-OH is 1. The van der Waals surface area contributed by atoms with Gasteiger partial charge in [0.25, 0.3) is 0 Å². The molecule has 0 saturated carbocycles. The number of hydrogen-bond donors (Lipinski definition) is 1. The molecule has 0 amide bonds. The number of aromatic nitrogens is 2. The van der Waals surface area contributed by atoms with Crippen molar-refractivity contribution >= 4 is 0 Å². The van der Waals surface area contributed by atoms with Crippen molar-refractivity contribution < 1.29 is 13.9 Å². The number of hydrogen-bond acceptors (Lipinski definition) is 2. The molecule has 1 atom stereocenters. The van der Waals surface area contributed by atoms with Crippen molar-refractivity contribution in [1.82, 2.24) is 9.78 Å². The molecule has 1 aromatic heterocycles. The quantitative estimate of drug-likeness (QED) is 0.918. The average molecular weight is 294 g/mol. The Kier molecular flexibility index (Phi) is 4.73. The van der Waals surface area contributed by atoms with Crippen LogP contribution in [0.15, 0.2) is 18.2 Å². The van der Waals surface area contributed by atoms with Gasteiger partial charge in [-0.25, -0.2) is 8.78 Å². The summed E-state index contributed by atoms with van der Waals surface area (Å²) in [7, 11) is 0. The van der Waals surface area contributed by atoms with Gasteiger partial charge >= 0.3 is 0 Å². The molecule has 0 bridgehead atoms. The third-order valence-corrected chi connectivity index (χ3v) is 3.63. The largest absolute Gasteiger partial charge is 0.388 e. The lowest BCUT2D eigenvalue weighted by molar-refractivity contribution is 0.165. The van der Waals surface area contributed by atoms with E-state index in [4.69, 9.17) is 0 Å². The highest BCUT2D eigenvalue weighted by molar-refractivity contribution is 5.29. The molecule has 0 fully saturated rings. The summed E-state index contributed by atoms with van der Waals surface area (Å²) >= 11 is 0. The van der Waals surface area contributed by atoms with Gasteiger partial charge in [-0.15, -0.1) is 0 Å². The SMILES string of the molecule is CCc1cc(CC(O)c2c(F)ccc(C)c2F)n(CC)n1. The summed E-state index contributed by atoms with van der Waals surface area (Å²) in [4.78, 5) is 0. The zero-order valence-electron chi connectivity index (χ0n) is 12.5. The number of aryl methyl sites for hydroxylation is 3. The van der Waals surface area contributed by atoms with Crippen molar-refractivity contribution in [3.8, 4) is 0 Å². The molecule has 3 nitrogen and oxygen atoms in total. The fourth-order valence-electron chi connectivity index (χ4n) is 2.41. The summed E-state index contributed by atoms with van der Waals surface area (Å²) in [6.07, 6.45) is -0.307. The molecule has 0 radical (unpaired) electrons. The highest BCUT2D eigenvalue weighted by Gasteiger charge is 2.21. The third kappa shape index (κ3) is 3.13. The van der Waals surface area contributed by atoms with Crippen LogP contribution < -0.4 is 0 Å². The van der Waals surface area contributed by atoms with E-state index in [-0.39, 0.29) is 12.0 Å². The molecule has 114 valence electrons. The highest BCUT2D eigenvalue weighted by atomic mass is 19.1. The summed E-state index contributed by atoms with van der Waals surface area (Å²) in [6.45, 7) is 6.13. The first kappa shape index (κ1) is 15.6. The summed E-state index contributed by atoms with van der Waals surface area (Å²) < 4.78 is 29.6. The van der Waals surface area contributed by atoms with E-state index in [1.165, 1.54) is 12.1 Å². The van der Waals surface area contributed by atoms with E-state index < -0.39 is 17.7 Å². The second-order valence-electron chi connectivity index (χ2n) is 5.11. The zero-order chi connectivity index (χ0) is 15.6. The average Bonchev–Trinajstić information content (AvgIpc) is 2.85. The first-order chi connectivity index (χ1) is 9.97. The van der Waals surface area contributed by atoms with Gasteiger partial charge in [0.1, 0.15) is 11.6 Å². The predicted octanol–water partition coefficient (Wildman–Crippen LogP) is 3.33. The molecular formula is C16H20F2N2O. The van der Waals surface area contributed by atoms with E-state index in [2.05, 4.69) is 5.10 Å². The molecule has 21 heavy (non-hydrogen) atoms. The Labute approximate surface area is 123 Å². The lowest BCUT2D eigenvalue weighted by Gasteiger charge is -2.14. The summed E-state index contributed by atoms with van der Waals surface area (Å²) in [6, 6.07) is 4.43. The molecule has 1 heterocycles. The van der Waals surface area contributed by atoms with E-state index >= 15 is 0 Å². The molecule has 0 aliphatic carbocycles. The number of aliphatic hydroxyl groups is 1.